The van der Waals surface area contributed by atoms with E-state index in [1.165, 1.54) is 4.90 Å². The van der Waals surface area contributed by atoms with E-state index in [0.29, 0.717) is 47.3 Å². The molecular formula is C22H25FN4O4. The Hall–Kier alpha value is -2.78. The van der Waals surface area contributed by atoms with Crippen molar-refractivity contribution < 1.29 is 19.0 Å². The fourth-order valence-corrected chi connectivity index (χ4v) is 4.68. The Morgan fingerprint density at radius 1 is 1.26 bits per heavy atom. The van der Waals surface area contributed by atoms with Crippen LogP contribution in [-0.2, 0) is 4.74 Å². The maximum Gasteiger partial charge on any atom is 0.259 e. The summed E-state index contributed by atoms with van der Waals surface area (Å²) in [6.07, 6.45) is 0.919. The highest BCUT2D eigenvalue weighted by Gasteiger charge is 2.31. The Morgan fingerprint density at radius 2 is 2.03 bits per heavy atom. The number of aliphatic hydroxyl groups excluding tert-OH is 1. The summed E-state index contributed by atoms with van der Waals surface area (Å²) in [7, 11) is 0. The van der Waals surface area contributed by atoms with Gasteiger partial charge in [0.1, 0.15) is 6.17 Å². The molecule has 2 aromatic heterocycles. The summed E-state index contributed by atoms with van der Waals surface area (Å²) >= 11 is 0. The molecule has 1 amide bonds. The van der Waals surface area contributed by atoms with E-state index in [-0.39, 0.29) is 30.5 Å². The third-order valence-electron chi connectivity index (χ3n) is 6.47. The number of H-pyrrole nitrogens is 1. The van der Waals surface area contributed by atoms with Crippen molar-refractivity contribution in [3.63, 3.8) is 0 Å². The molecule has 2 saturated heterocycles. The van der Waals surface area contributed by atoms with Gasteiger partial charge in [0.15, 0.2) is 0 Å². The topological polar surface area (TPSA) is 100 Å². The van der Waals surface area contributed by atoms with Gasteiger partial charge in [-0.15, -0.1) is 0 Å². The number of benzene rings is 1. The fraction of sp³-hybridized carbons (Fsp3) is 0.500. The molecule has 8 nitrogen and oxygen atoms in total. The molecule has 0 radical (unpaired) electrons. The predicted molar refractivity (Wildman–Crippen MR) is 113 cm³/mol. The Labute approximate surface area is 177 Å². The lowest BCUT2D eigenvalue weighted by Gasteiger charge is -2.32. The Bertz CT molecular complexity index is 1210. The average Bonchev–Trinajstić information content (AvgIpc) is 3.22. The molecule has 0 bridgehead atoms. The Kier molecular flexibility index (Phi) is 5.02. The van der Waals surface area contributed by atoms with Crippen LogP contribution in [0, 0.1) is 6.92 Å². The number of nitrogens with one attached hydrogen (secondary N) is 1. The van der Waals surface area contributed by atoms with Gasteiger partial charge in [0.25, 0.3) is 11.5 Å². The van der Waals surface area contributed by atoms with Crippen LogP contribution in [0.4, 0.5) is 4.39 Å². The van der Waals surface area contributed by atoms with Crippen molar-refractivity contribution in [3.05, 3.63) is 39.8 Å². The largest absolute Gasteiger partial charge is 0.390 e. The van der Waals surface area contributed by atoms with E-state index in [9.17, 15) is 19.1 Å². The molecule has 2 atom stereocenters. The molecule has 0 saturated carbocycles. The van der Waals surface area contributed by atoms with Crippen molar-refractivity contribution >= 4 is 27.7 Å². The number of amides is 1. The first kappa shape index (κ1) is 20.1. The van der Waals surface area contributed by atoms with Crippen LogP contribution >= 0.6 is 0 Å². The number of pyridine rings is 1. The quantitative estimate of drug-likeness (QED) is 0.651. The van der Waals surface area contributed by atoms with Gasteiger partial charge in [-0.2, -0.15) is 5.10 Å². The molecule has 2 aliphatic rings. The summed E-state index contributed by atoms with van der Waals surface area (Å²) in [5.74, 6) is -0.273. The number of rotatable bonds is 2. The number of aromatic nitrogens is 3. The lowest BCUT2D eigenvalue weighted by atomic mass is 10.00. The van der Waals surface area contributed by atoms with Gasteiger partial charge in [0.05, 0.1) is 41.3 Å². The van der Waals surface area contributed by atoms with Crippen LogP contribution in [-0.4, -0.2) is 69.3 Å². The molecule has 5 rings (SSSR count). The molecule has 164 valence electrons. The highest BCUT2D eigenvalue weighted by Crippen LogP contribution is 2.30. The van der Waals surface area contributed by atoms with Crippen LogP contribution in [0.1, 0.15) is 41.2 Å². The zero-order valence-corrected chi connectivity index (χ0v) is 17.3. The minimum atomic E-state index is -1.45. The molecule has 2 fully saturated rings. The van der Waals surface area contributed by atoms with Crippen LogP contribution in [0.3, 0.4) is 0 Å². The van der Waals surface area contributed by atoms with Crippen LogP contribution in [0.25, 0.3) is 21.8 Å². The van der Waals surface area contributed by atoms with E-state index in [0.717, 1.165) is 18.2 Å². The summed E-state index contributed by atoms with van der Waals surface area (Å²) in [6.45, 7) is 3.26. The number of carbonyl (C=O) groups is 1. The first-order chi connectivity index (χ1) is 14.9. The van der Waals surface area contributed by atoms with Crippen molar-refractivity contribution in [2.45, 2.75) is 44.5 Å². The number of aromatic amines is 1. The van der Waals surface area contributed by atoms with Gasteiger partial charge >= 0.3 is 0 Å². The number of aliphatic hydroxyl groups is 1. The van der Waals surface area contributed by atoms with Gasteiger partial charge in [0.2, 0.25) is 0 Å². The number of fused-ring (bicyclic) bond motifs is 3. The normalized spacial score (nSPS) is 23.0. The van der Waals surface area contributed by atoms with Crippen LogP contribution < -0.4 is 5.56 Å². The van der Waals surface area contributed by atoms with Crippen LogP contribution in [0.15, 0.2) is 23.1 Å². The summed E-state index contributed by atoms with van der Waals surface area (Å²) in [6, 6.07) is 3.69. The van der Waals surface area contributed by atoms with E-state index < -0.39 is 12.3 Å². The number of halogens is 1. The molecule has 0 aliphatic carbocycles. The number of likely N-dealkylation sites (tertiary alicyclic amines) is 1. The molecule has 9 heteroatoms. The highest BCUT2D eigenvalue weighted by molar-refractivity contribution is 6.07. The lowest BCUT2D eigenvalue weighted by molar-refractivity contribution is 0.00824. The van der Waals surface area contributed by atoms with Gasteiger partial charge in [-0.25, -0.2) is 4.39 Å². The molecule has 3 aromatic rings. The molecule has 4 heterocycles. The van der Waals surface area contributed by atoms with E-state index in [1.807, 2.05) is 4.68 Å². The number of carbonyl (C=O) groups excluding carboxylic acids is 1. The van der Waals surface area contributed by atoms with Gasteiger partial charge < -0.3 is 19.7 Å². The van der Waals surface area contributed by atoms with Crippen molar-refractivity contribution in [1.29, 1.82) is 0 Å². The fourth-order valence-electron chi connectivity index (χ4n) is 4.68. The van der Waals surface area contributed by atoms with E-state index >= 15 is 0 Å². The second kappa shape index (κ2) is 7.72. The van der Waals surface area contributed by atoms with Gasteiger partial charge in [-0.05, 0) is 43.9 Å². The molecule has 2 N–H and O–H groups in total. The number of hydrogen-bond donors (Lipinski definition) is 2. The maximum atomic E-state index is 14.0. The van der Waals surface area contributed by atoms with Gasteiger partial charge in [-0.3, -0.25) is 14.3 Å². The smallest absolute Gasteiger partial charge is 0.259 e. The zero-order valence-electron chi connectivity index (χ0n) is 17.3. The molecule has 0 spiro atoms. The molecule has 0 unspecified atom stereocenters. The lowest BCUT2D eigenvalue weighted by Crippen LogP contribution is -2.47. The second-order valence-corrected chi connectivity index (χ2v) is 8.48. The molecule has 2 aliphatic heterocycles. The van der Waals surface area contributed by atoms with Gasteiger partial charge in [0, 0.05) is 30.7 Å². The number of nitrogens with zero attached hydrogens (tertiary/aromatic N) is 3. The third kappa shape index (κ3) is 3.41. The zero-order chi connectivity index (χ0) is 21.7. The summed E-state index contributed by atoms with van der Waals surface area (Å²) in [5, 5.41) is 15.4. The first-order valence-electron chi connectivity index (χ1n) is 10.7. The molecule has 31 heavy (non-hydrogen) atoms. The number of ether oxygens (including phenoxy) is 1. The first-order valence-corrected chi connectivity index (χ1v) is 10.7. The summed E-state index contributed by atoms with van der Waals surface area (Å²) in [5.41, 5.74) is 2.29. The summed E-state index contributed by atoms with van der Waals surface area (Å²) < 4.78 is 21.4. The predicted octanol–water partition coefficient (Wildman–Crippen LogP) is 2.08. The van der Waals surface area contributed by atoms with Crippen molar-refractivity contribution in [2.24, 2.45) is 0 Å². The minimum absolute atomic E-state index is 0.118. The number of piperidine rings is 1. The number of hydrogen-bond acceptors (Lipinski definition) is 5. The van der Waals surface area contributed by atoms with Crippen LogP contribution in [0.2, 0.25) is 0 Å². The maximum absolute atomic E-state index is 14.0. The van der Waals surface area contributed by atoms with Crippen molar-refractivity contribution in [3.8, 4) is 0 Å². The van der Waals surface area contributed by atoms with E-state index in [2.05, 4.69) is 10.1 Å². The second-order valence-electron chi connectivity index (χ2n) is 8.48. The molecular weight excluding hydrogens is 403 g/mol. The van der Waals surface area contributed by atoms with Crippen molar-refractivity contribution in [1.82, 2.24) is 19.7 Å². The van der Waals surface area contributed by atoms with Gasteiger partial charge in [-0.1, -0.05) is 0 Å². The van der Waals surface area contributed by atoms with Crippen LogP contribution in [0.5, 0.6) is 0 Å². The third-order valence-corrected chi connectivity index (χ3v) is 6.47. The number of alkyl halides is 1. The Morgan fingerprint density at radius 3 is 2.77 bits per heavy atom. The minimum Gasteiger partial charge on any atom is -0.390 e. The average molecular weight is 428 g/mol. The highest BCUT2D eigenvalue weighted by atomic mass is 19.1. The summed E-state index contributed by atoms with van der Waals surface area (Å²) in [4.78, 5) is 30.2. The monoisotopic (exact) mass is 428 g/mol. The SMILES string of the molecule is Cc1cc2[nH]c(=O)c3cnn(C4CCOCC4)c3c2cc1C(=O)N1CC[C@@H](O)[C@@H](F)C1. The standard InChI is InChI=1S/C22H25FN4O4/c1-12-8-18-15(9-14(12)22(30)26-5-2-19(28)17(23)11-26)20-16(21(29)25-18)10-24-27(20)13-3-6-31-7-4-13/h8-10,13,17,19,28H,2-7,11H2,1H3,(H,25,29)/t17-,19+/m0/s1. The van der Waals surface area contributed by atoms with E-state index in [1.54, 1.807) is 25.3 Å². The number of aryl methyl sites for hydroxylation is 1. The van der Waals surface area contributed by atoms with E-state index in [4.69, 9.17) is 4.74 Å². The van der Waals surface area contributed by atoms with Crippen molar-refractivity contribution in [2.75, 3.05) is 26.3 Å². The molecule has 1 aromatic carbocycles. The Balaban J connectivity index is 1.64.